The molecule has 1 aliphatic heterocycles. The van der Waals surface area contributed by atoms with Crippen molar-refractivity contribution in [3.8, 4) is 0 Å². The fraction of sp³-hybridized carbons (Fsp3) is 0.538. The van der Waals surface area contributed by atoms with Crippen molar-refractivity contribution < 1.29 is 19.1 Å². The zero-order chi connectivity index (χ0) is 14.4. The van der Waals surface area contributed by atoms with Crippen molar-refractivity contribution in [3.63, 3.8) is 0 Å². The van der Waals surface area contributed by atoms with Crippen LogP contribution in [0.25, 0.3) is 0 Å². The number of carbonyl (C=O) groups is 2. The fourth-order valence-corrected chi connectivity index (χ4v) is 2.16. The lowest BCUT2D eigenvalue weighted by atomic mass is 10.3. The van der Waals surface area contributed by atoms with Gasteiger partial charge in [-0.2, -0.15) is 0 Å². The number of amides is 2. The summed E-state index contributed by atoms with van der Waals surface area (Å²) in [5.74, 6) is 0.0120. The van der Waals surface area contributed by atoms with Crippen LogP contribution in [-0.2, 0) is 11.2 Å². The lowest BCUT2D eigenvalue weighted by molar-refractivity contribution is -0.138. The number of carboxylic acids is 1. The van der Waals surface area contributed by atoms with Gasteiger partial charge in [-0.1, -0.05) is 0 Å². The zero-order valence-electron chi connectivity index (χ0n) is 11.2. The molecule has 0 aliphatic carbocycles. The maximum atomic E-state index is 11.9. The second-order valence-electron chi connectivity index (χ2n) is 4.72. The van der Waals surface area contributed by atoms with E-state index in [4.69, 9.17) is 9.52 Å². The highest BCUT2D eigenvalue weighted by molar-refractivity contribution is 5.74. The molecule has 2 amide bonds. The molecule has 1 fully saturated rings. The molecule has 0 radical (unpaired) electrons. The van der Waals surface area contributed by atoms with Crippen LogP contribution in [0.15, 0.2) is 22.8 Å². The van der Waals surface area contributed by atoms with Gasteiger partial charge in [-0.15, -0.1) is 0 Å². The molecule has 0 atom stereocenters. The van der Waals surface area contributed by atoms with Crippen LogP contribution < -0.4 is 5.32 Å². The van der Waals surface area contributed by atoms with Crippen molar-refractivity contribution >= 4 is 12.0 Å². The van der Waals surface area contributed by atoms with E-state index in [1.54, 1.807) is 11.2 Å². The number of hydrogen-bond donors (Lipinski definition) is 2. The van der Waals surface area contributed by atoms with Gasteiger partial charge in [0.25, 0.3) is 0 Å². The van der Waals surface area contributed by atoms with Gasteiger partial charge in [0.1, 0.15) is 5.76 Å². The van der Waals surface area contributed by atoms with Crippen LogP contribution in [0.5, 0.6) is 0 Å². The Kier molecular flexibility index (Phi) is 5.00. The van der Waals surface area contributed by atoms with Crippen LogP contribution in [-0.4, -0.2) is 66.2 Å². The average molecular weight is 281 g/mol. The van der Waals surface area contributed by atoms with Crippen molar-refractivity contribution in [1.82, 2.24) is 15.1 Å². The number of nitrogens with one attached hydrogen (secondary N) is 1. The molecule has 20 heavy (non-hydrogen) atoms. The maximum absolute atomic E-state index is 11.9. The van der Waals surface area contributed by atoms with Crippen molar-refractivity contribution in [2.45, 2.75) is 6.42 Å². The minimum atomic E-state index is -0.832. The first-order chi connectivity index (χ1) is 9.65. The smallest absolute Gasteiger partial charge is 0.317 e. The lowest BCUT2D eigenvalue weighted by Gasteiger charge is -2.33. The lowest BCUT2D eigenvalue weighted by Crippen LogP contribution is -2.52. The first kappa shape index (κ1) is 14.4. The van der Waals surface area contributed by atoms with E-state index in [-0.39, 0.29) is 12.6 Å². The summed E-state index contributed by atoms with van der Waals surface area (Å²) in [5.41, 5.74) is 0. The molecule has 7 nitrogen and oxygen atoms in total. The van der Waals surface area contributed by atoms with Gasteiger partial charge in [0, 0.05) is 39.1 Å². The molecular weight excluding hydrogens is 262 g/mol. The normalized spacial score (nSPS) is 16.1. The number of carboxylic acid groups (broad SMARTS) is 1. The standard InChI is InChI=1S/C13H19N3O4/c17-12(18)10-15-5-7-16(8-6-15)13(19)14-4-3-11-2-1-9-20-11/h1-2,9H,3-8,10H2,(H,14,19)(H,17,18). The SMILES string of the molecule is O=C(O)CN1CCN(C(=O)NCCc2ccco2)CC1. The zero-order valence-corrected chi connectivity index (χ0v) is 11.2. The van der Waals surface area contributed by atoms with E-state index in [2.05, 4.69) is 5.32 Å². The van der Waals surface area contributed by atoms with Crippen molar-refractivity contribution in [1.29, 1.82) is 0 Å². The summed E-state index contributed by atoms with van der Waals surface area (Å²) < 4.78 is 5.18. The number of nitrogens with zero attached hydrogens (tertiary/aromatic N) is 2. The molecule has 2 N–H and O–H groups in total. The number of urea groups is 1. The van der Waals surface area contributed by atoms with Gasteiger partial charge < -0.3 is 19.7 Å². The topological polar surface area (TPSA) is 86.0 Å². The number of rotatable bonds is 5. The Balaban J connectivity index is 1.65. The monoisotopic (exact) mass is 281 g/mol. The number of carbonyl (C=O) groups excluding carboxylic acids is 1. The van der Waals surface area contributed by atoms with E-state index < -0.39 is 5.97 Å². The minimum absolute atomic E-state index is 0.0357. The highest BCUT2D eigenvalue weighted by Crippen LogP contribution is 2.03. The van der Waals surface area contributed by atoms with E-state index in [0.717, 1.165) is 5.76 Å². The predicted octanol–water partition coefficient (Wildman–Crippen LogP) is 0.234. The van der Waals surface area contributed by atoms with E-state index in [1.807, 2.05) is 17.0 Å². The summed E-state index contributed by atoms with van der Waals surface area (Å²) in [6.45, 7) is 2.87. The third-order valence-electron chi connectivity index (χ3n) is 3.25. The number of piperazine rings is 1. The quantitative estimate of drug-likeness (QED) is 0.807. The summed E-state index contributed by atoms with van der Waals surface area (Å²) in [6, 6.07) is 3.59. The Bertz CT molecular complexity index is 438. The summed E-state index contributed by atoms with van der Waals surface area (Å²) in [7, 11) is 0. The first-order valence-electron chi connectivity index (χ1n) is 6.64. The molecule has 0 unspecified atom stereocenters. The molecule has 1 aromatic rings. The molecule has 110 valence electrons. The maximum Gasteiger partial charge on any atom is 0.317 e. The van der Waals surface area contributed by atoms with E-state index >= 15 is 0 Å². The third-order valence-corrected chi connectivity index (χ3v) is 3.25. The highest BCUT2D eigenvalue weighted by atomic mass is 16.4. The Labute approximate surface area is 117 Å². The van der Waals surface area contributed by atoms with Gasteiger partial charge in [0.05, 0.1) is 12.8 Å². The van der Waals surface area contributed by atoms with Crippen LogP contribution in [0, 0.1) is 0 Å². The van der Waals surface area contributed by atoms with Gasteiger partial charge in [-0.25, -0.2) is 4.79 Å². The van der Waals surface area contributed by atoms with E-state index in [1.165, 1.54) is 0 Å². The Morgan fingerprint density at radius 3 is 2.65 bits per heavy atom. The second kappa shape index (κ2) is 6.95. The summed E-state index contributed by atoms with van der Waals surface area (Å²) in [4.78, 5) is 26.0. The van der Waals surface area contributed by atoms with Gasteiger partial charge in [-0.05, 0) is 12.1 Å². The second-order valence-corrected chi connectivity index (χ2v) is 4.72. The van der Waals surface area contributed by atoms with Crippen LogP contribution >= 0.6 is 0 Å². The third kappa shape index (κ3) is 4.27. The molecule has 2 rings (SSSR count). The van der Waals surface area contributed by atoms with E-state index in [9.17, 15) is 9.59 Å². The average Bonchev–Trinajstić information content (AvgIpc) is 2.92. The Morgan fingerprint density at radius 1 is 1.30 bits per heavy atom. The summed E-state index contributed by atoms with van der Waals surface area (Å²) in [5, 5.41) is 11.5. The van der Waals surface area contributed by atoms with E-state index in [0.29, 0.717) is 39.1 Å². The number of furan rings is 1. The number of hydrogen-bond acceptors (Lipinski definition) is 4. The minimum Gasteiger partial charge on any atom is -0.480 e. The van der Waals surface area contributed by atoms with Gasteiger partial charge in [-0.3, -0.25) is 9.69 Å². The molecule has 7 heteroatoms. The fourth-order valence-electron chi connectivity index (χ4n) is 2.16. The molecule has 1 aliphatic rings. The molecule has 0 spiro atoms. The van der Waals surface area contributed by atoms with Crippen LogP contribution in [0.4, 0.5) is 4.79 Å². The molecule has 0 bridgehead atoms. The summed E-state index contributed by atoms with van der Waals surface area (Å²) in [6.07, 6.45) is 2.27. The van der Waals surface area contributed by atoms with Crippen LogP contribution in [0.1, 0.15) is 5.76 Å². The highest BCUT2D eigenvalue weighted by Gasteiger charge is 2.21. The molecule has 2 heterocycles. The van der Waals surface area contributed by atoms with Crippen LogP contribution in [0.2, 0.25) is 0 Å². The van der Waals surface area contributed by atoms with Gasteiger partial charge in [0.2, 0.25) is 0 Å². The predicted molar refractivity (Wildman–Crippen MR) is 71.5 cm³/mol. The first-order valence-corrected chi connectivity index (χ1v) is 6.64. The van der Waals surface area contributed by atoms with Gasteiger partial charge in [0.15, 0.2) is 0 Å². The molecule has 0 saturated carbocycles. The summed E-state index contributed by atoms with van der Waals surface area (Å²) >= 11 is 0. The molecule has 0 aromatic carbocycles. The van der Waals surface area contributed by atoms with Crippen LogP contribution in [0.3, 0.4) is 0 Å². The molecular formula is C13H19N3O4. The van der Waals surface area contributed by atoms with Crippen molar-refractivity contribution in [3.05, 3.63) is 24.2 Å². The molecule has 1 aromatic heterocycles. The Hall–Kier alpha value is -2.02. The number of aliphatic carboxylic acids is 1. The Morgan fingerprint density at radius 2 is 2.05 bits per heavy atom. The molecule has 1 saturated heterocycles. The largest absolute Gasteiger partial charge is 0.480 e. The van der Waals surface area contributed by atoms with Gasteiger partial charge >= 0.3 is 12.0 Å². The van der Waals surface area contributed by atoms with Crippen molar-refractivity contribution in [2.75, 3.05) is 39.3 Å². The van der Waals surface area contributed by atoms with Crippen molar-refractivity contribution in [2.24, 2.45) is 0 Å².